The third kappa shape index (κ3) is 3.49. The SMILES string of the molecule is CNC(COc1ccc(C(C)(C)C)cc1)C1CC1. The molecule has 2 heteroatoms. The van der Waals surface area contributed by atoms with Crippen molar-refractivity contribution in [2.24, 2.45) is 5.92 Å². The molecule has 0 spiro atoms. The highest BCUT2D eigenvalue weighted by molar-refractivity contribution is 5.31. The summed E-state index contributed by atoms with van der Waals surface area (Å²) < 4.78 is 5.87. The molecule has 1 N–H and O–H groups in total. The molecule has 1 fully saturated rings. The summed E-state index contributed by atoms with van der Waals surface area (Å²) in [6.07, 6.45) is 2.69. The summed E-state index contributed by atoms with van der Waals surface area (Å²) in [5.74, 6) is 1.80. The third-order valence-electron chi connectivity index (χ3n) is 3.71. The molecule has 0 aromatic heterocycles. The maximum Gasteiger partial charge on any atom is 0.119 e. The minimum absolute atomic E-state index is 0.208. The van der Waals surface area contributed by atoms with Crippen molar-refractivity contribution < 1.29 is 4.74 Å². The lowest BCUT2D eigenvalue weighted by Crippen LogP contribution is -2.33. The Labute approximate surface area is 111 Å². The molecule has 0 radical (unpaired) electrons. The van der Waals surface area contributed by atoms with Crippen molar-refractivity contribution in [3.63, 3.8) is 0 Å². The highest BCUT2D eigenvalue weighted by atomic mass is 16.5. The van der Waals surface area contributed by atoms with Crippen LogP contribution in [0, 0.1) is 5.92 Å². The van der Waals surface area contributed by atoms with Gasteiger partial charge in [0, 0.05) is 6.04 Å². The van der Waals surface area contributed by atoms with Gasteiger partial charge in [-0.05, 0) is 48.9 Å². The van der Waals surface area contributed by atoms with Crippen LogP contribution in [0.4, 0.5) is 0 Å². The molecule has 1 aliphatic rings. The molecule has 1 unspecified atom stereocenters. The van der Waals surface area contributed by atoms with Crippen molar-refractivity contribution in [3.8, 4) is 5.75 Å². The first-order chi connectivity index (χ1) is 8.50. The zero-order valence-electron chi connectivity index (χ0n) is 12.0. The van der Waals surface area contributed by atoms with Crippen LogP contribution in [-0.2, 0) is 5.41 Å². The molecule has 0 bridgehead atoms. The van der Waals surface area contributed by atoms with Crippen molar-refractivity contribution in [3.05, 3.63) is 29.8 Å². The second-order valence-electron chi connectivity index (χ2n) is 6.32. The molecular weight excluding hydrogens is 222 g/mol. The molecule has 0 aliphatic heterocycles. The van der Waals surface area contributed by atoms with Crippen molar-refractivity contribution >= 4 is 0 Å². The van der Waals surface area contributed by atoms with Gasteiger partial charge in [-0.3, -0.25) is 0 Å². The molecule has 1 atom stereocenters. The van der Waals surface area contributed by atoms with Gasteiger partial charge in [0.25, 0.3) is 0 Å². The summed E-state index contributed by atoms with van der Waals surface area (Å²) in [6, 6.07) is 9.01. The summed E-state index contributed by atoms with van der Waals surface area (Å²) in [5.41, 5.74) is 1.56. The summed E-state index contributed by atoms with van der Waals surface area (Å²) in [6.45, 7) is 7.46. The maximum absolute atomic E-state index is 5.87. The predicted octanol–water partition coefficient (Wildman–Crippen LogP) is 3.36. The van der Waals surface area contributed by atoms with Crippen molar-refractivity contribution in [2.75, 3.05) is 13.7 Å². The second kappa shape index (κ2) is 5.31. The highest BCUT2D eigenvalue weighted by Gasteiger charge is 2.30. The molecule has 18 heavy (non-hydrogen) atoms. The number of benzene rings is 1. The van der Waals surface area contributed by atoms with Crippen molar-refractivity contribution in [2.45, 2.75) is 45.1 Å². The first kappa shape index (κ1) is 13.4. The molecule has 0 amide bonds. The number of rotatable bonds is 5. The van der Waals surface area contributed by atoms with Gasteiger partial charge >= 0.3 is 0 Å². The van der Waals surface area contributed by atoms with E-state index in [-0.39, 0.29) is 5.41 Å². The van der Waals surface area contributed by atoms with Gasteiger partial charge in [0.05, 0.1) is 0 Å². The van der Waals surface area contributed by atoms with Crippen LogP contribution < -0.4 is 10.1 Å². The number of nitrogens with one attached hydrogen (secondary N) is 1. The van der Waals surface area contributed by atoms with Crippen LogP contribution in [0.5, 0.6) is 5.75 Å². The lowest BCUT2D eigenvalue weighted by Gasteiger charge is -2.20. The van der Waals surface area contributed by atoms with Gasteiger partial charge in [-0.1, -0.05) is 32.9 Å². The minimum Gasteiger partial charge on any atom is -0.492 e. The first-order valence-electron chi connectivity index (χ1n) is 6.91. The standard InChI is InChI=1S/C16H25NO/c1-16(2,3)13-7-9-14(10-8-13)18-11-15(17-4)12-5-6-12/h7-10,12,15,17H,5-6,11H2,1-4H3. The number of hydrogen-bond acceptors (Lipinski definition) is 2. The van der Waals surface area contributed by atoms with Crippen LogP contribution in [0.1, 0.15) is 39.2 Å². The van der Waals surface area contributed by atoms with E-state index < -0.39 is 0 Å². The Morgan fingerprint density at radius 1 is 1.22 bits per heavy atom. The van der Waals surface area contributed by atoms with Crippen LogP contribution >= 0.6 is 0 Å². The van der Waals surface area contributed by atoms with E-state index in [0.29, 0.717) is 6.04 Å². The number of likely N-dealkylation sites (N-methyl/N-ethyl adjacent to an activating group) is 1. The number of hydrogen-bond donors (Lipinski definition) is 1. The van der Waals surface area contributed by atoms with Crippen LogP contribution in [0.25, 0.3) is 0 Å². The van der Waals surface area contributed by atoms with E-state index in [4.69, 9.17) is 4.74 Å². The van der Waals surface area contributed by atoms with Gasteiger partial charge in [0.2, 0.25) is 0 Å². The average molecular weight is 247 g/mol. The molecular formula is C16H25NO. The number of ether oxygens (including phenoxy) is 1. The fourth-order valence-corrected chi connectivity index (χ4v) is 2.19. The van der Waals surface area contributed by atoms with Gasteiger partial charge in [-0.2, -0.15) is 0 Å². The molecule has 0 saturated heterocycles. The third-order valence-corrected chi connectivity index (χ3v) is 3.71. The molecule has 2 nitrogen and oxygen atoms in total. The normalized spacial score (nSPS) is 17.6. The van der Waals surface area contributed by atoms with Gasteiger partial charge in [-0.25, -0.2) is 0 Å². The predicted molar refractivity (Wildman–Crippen MR) is 76.2 cm³/mol. The van der Waals surface area contributed by atoms with Crippen molar-refractivity contribution in [1.82, 2.24) is 5.32 Å². The van der Waals surface area contributed by atoms with Crippen LogP contribution in [-0.4, -0.2) is 19.7 Å². The Morgan fingerprint density at radius 2 is 1.83 bits per heavy atom. The molecule has 2 rings (SSSR count). The highest BCUT2D eigenvalue weighted by Crippen LogP contribution is 2.32. The zero-order valence-corrected chi connectivity index (χ0v) is 12.0. The summed E-state index contributed by atoms with van der Waals surface area (Å²) in [5, 5.41) is 3.34. The quantitative estimate of drug-likeness (QED) is 0.861. The fourth-order valence-electron chi connectivity index (χ4n) is 2.19. The van der Waals surface area contributed by atoms with E-state index in [1.165, 1.54) is 18.4 Å². The Morgan fingerprint density at radius 3 is 2.28 bits per heavy atom. The molecule has 0 heterocycles. The van der Waals surface area contributed by atoms with Gasteiger partial charge < -0.3 is 10.1 Å². The molecule has 1 aliphatic carbocycles. The van der Waals surface area contributed by atoms with Crippen molar-refractivity contribution in [1.29, 1.82) is 0 Å². The summed E-state index contributed by atoms with van der Waals surface area (Å²) in [4.78, 5) is 0. The van der Waals surface area contributed by atoms with Gasteiger partial charge in [-0.15, -0.1) is 0 Å². The summed E-state index contributed by atoms with van der Waals surface area (Å²) in [7, 11) is 2.02. The molecule has 1 aromatic carbocycles. The van der Waals surface area contributed by atoms with E-state index in [1.807, 2.05) is 7.05 Å². The topological polar surface area (TPSA) is 21.3 Å². The first-order valence-corrected chi connectivity index (χ1v) is 6.91. The van der Waals surface area contributed by atoms with Gasteiger partial charge in [0.1, 0.15) is 12.4 Å². The van der Waals surface area contributed by atoms with E-state index >= 15 is 0 Å². The molecule has 1 aromatic rings. The Kier molecular flexibility index (Phi) is 3.96. The molecule has 1 saturated carbocycles. The second-order valence-corrected chi connectivity index (χ2v) is 6.32. The largest absolute Gasteiger partial charge is 0.492 e. The van der Waals surface area contributed by atoms with E-state index in [0.717, 1.165) is 18.3 Å². The Bertz CT molecular complexity index is 373. The maximum atomic E-state index is 5.87. The van der Waals surface area contributed by atoms with E-state index in [2.05, 4.69) is 50.4 Å². The lowest BCUT2D eigenvalue weighted by atomic mass is 9.87. The Balaban J connectivity index is 1.90. The molecule has 100 valence electrons. The smallest absolute Gasteiger partial charge is 0.119 e. The van der Waals surface area contributed by atoms with Crippen LogP contribution in [0.3, 0.4) is 0 Å². The lowest BCUT2D eigenvalue weighted by molar-refractivity contribution is 0.256. The van der Waals surface area contributed by atoms with Gasteiger partial charge in [0.15, 0.2) is 0 Å². The van der Waals surface area contributed by atoms with Crippen LogP contribution in [0.15, 0.2) is 24.3 Å². The van der Waals surface area contributed by atoms with E-state index in [9.17, 15) is 0 Å². The zero-order chi connectivity index (χ0) is 13.2. The monoisotopic (exact) mass is 247 g/mol. The summed E-state index contributed by atoms with van der Waals surface area (Å²) >= 11 is 0. The Hall–Kier alpha value is -1.02. The van der Waals surface area contributed by atoms with Crippen LogP contribution in [0.2, 0.25) is 0 Å². The van der Waals surface area contributed by atoms with E-state index in [1.54, 1.807) is 0 Å². The minimum atomic E-state index is 0.208. The average Bonchev–Trinajstić information content (AvgIpc) is 3.14. The fraction of sp³-hybridized carbons (Fsp3) is 0.625.